The number of aliphatic hydroxyl groups is 2. The number of benzene rings is 2. The number of aliphatic hydroxyl groups excluding tert-OH is 2. The lowest BCUT2D eigenvalue weighted by atomic mass is 10.1. The molecule has 0 spiro atoms. The number of pyridine rings is 1. The summed E-state index contributed by atoms with van der Waals surface area (Å²) in [4.78, 5) is 30.7. The molecular formula is C27H32ClF2N3O6. The Morgan fingerprint density at radius 3 is 2.64 bits per heavy atom. The number of amides is 2. The van der Waals surface area contributed by atoms with Crippen molar-refractivity contribution < 1.29 is 38.1 Å². The highest BCUT2D eigenvalue weighted by Crippen LogP contribution is 2.21. The summed E-state index contributed by atoms with van der Waals surface area (Å²) >= 11 is 5.97. The van der Waals surface area contributed by atoms with E-state index in [2.05, 4.69) is 10.3 Å². The maximum atomic E-state index is 13.7. The van der Waals surface area contributed by atoms with E-state index in [-0.39, 0.29) is 56.8 Å². The van der Waals surface area contributed by atoms with Gasteiger partial charge >= 0.3 is 6.09 Å². The zero-order chi connectivity index (χ0) is 27.7. The van der Waals surface area contributed by atoms with Gasteiger partial charge in [0, 0.05) is 25.1 Å². The number of hydrogen-bond acceptors (Lipinski definition) is 7. The van der Waals surface area contributed by atoms with Crippen LogP contribution in [-0.2, 0) is 20.7 Å². The lowest BCUT2D eigenvalue weighted by molar-refractivity contribution is -0.134. The van der Waals surface area contributed by atoms with Crippen LogP contribution in [0.2, 0.25) is 5.02 Å². The molecule has 3 N–H and O–H groups in total. The van der Waals surface area contributed by atoms with E-state index in [0.29, 0.717) is 16.3 Å². The van der Waals surface area contributed by atoms with Crippen molar-refractivity contribution >= 4 is 40.2 Å². The maximum Gasteiger partial charge on any atom is 0.412 e. The molecule has 3 rings (SSSR count). The third-order valence-electron chi connectivity index (χ3n) is 5.73. The highest BCUT2D eigenvalue weighted by atomic mass is 35.5. The van der Waals surface area contributed by atoms with E-state index >= 15 is 0 Å². The fourth-order valence-corrected chi connectivity index (χ4v) is 3.74. The van der Waals surface area contributed by atoms with Gasteiger partial charge in [0.1, 0.15) is 30.2 Å². The number of nitrogens with zero attached hydrogens (tertiary/aromatic N) is 2. The number of anilines is 1. The highest BCUT2D eigenvalue weighted by molar-refractivity contribution is 6.31. The first-order chi connectivity index (χ1) is 18.2. The number of carbonyl (C=O) groups is 2. The van der Waals surface area contributed by atoms with Crippen LogP contribution in [0.25, 0.3) is 10.8 Å². The van der Waals surface area contributed by atoms with E-state index in [1.807, 2.05) is 0 Å². The lowest BCUT2D eigenvalue weighted by Crippen LogP contribution is -2.44. The number of aryl methyl sites for hydroxylation is 1. The molecule has 1 aromatic heterocycles. The maximum absolute atomic E-state index is 13.7. The topological polar surface area (TPSA) is 121 Å². The van der Waals surface area contributed by atoms with Crippen molar-refractivity contribution in [3.63, 3.8) is 0 Å². The van der Waals surface area contributed by atoms with Crippen LogP contribution in [-0.4, -0.2) is 77.7 Å². The summed E-state index contributed by atoms with van der Waals surface area (Å²) < 4.78 is 37.9. The summed E-state index contributed by atoms with van der Waals surface area (Å²) in [7, 11) is 1.49. The first-order valence-corrected chi connectivity index (χ1v) is 12.1. The van der Waals surface area contributed by atoms with Crippen molar-refractivity contribution in [3.05, 3.63) is 70.9 Å². The second-order valence-corrected chi connectivity index (χ2v) is 8.91. The molecule has 212 valence electrons. The molecule has 0 radical (unpaired) electrons. The zero-order valence-corrected chi connectivity index (χ0v) is 21.3. The van der Waals surface area contributed by atoms with Crippen molar-refractivity contribution in [2.45, 2.75) is 32.4 Å². The Kier molecular flexibility index (Phi) is 12.5. The van der Waals surface area contributed by atoms with E-state index < -0.39 is 36.5 Å². The van der Waals surface area contributed by atoms with Gasteiger partial charge in [-0.3, -0.25) is 10.1 Å². The lowest BCUT2D eigenvalue weighted by Gasteiger charge is -2.28. The number of hydrogen-bond donors (Lipinski definition) is 3. The number of ether oxygens (including phenoxy) is 2. The predicted octanol–water partition coefficient (Wildman–Crippen LogP) is 4.18. The van der Waals surface area contributed by atoms with Gasteiger partial charge < -0.3 is 24.6 Å². The molecule has 2 aromatic carbocycles. The summed E-state index contributed by atoms with van der Waals surface area (Å²) in [6.07, 6.45) is -0.309. The molecule has 0 aliphatic rings. The van der Waals surface area contributed by atoms with Crippen LogP contribution >= 0.6 is 11.6 Å². The van der Waals surface area contributed by atoms with Crippen LogP contribution in [0, 0.1) is 11.6 Å². The molecule has 0 unspecified atom stereocenters. The van der Waals surface area contributed by atoms with Crippen LogP contribution in [0.5, 0.6) is 0 Å². The van der Waals surface area contributed by atoms with Crippen molar-refractivity contribution in [1.82, 2.24) is 9.88 Å². The Labute approximate surface area is 230 Å². The zero-order valence-electron chi connectivity index (χ0n) is 20.6. The molecule has 12 heteroatoms. The third kappa shape index (κ3) is 9.39. The minimum absolute atomic E-state index is 0. The Hall–Kier alpha value is -3.38. The Balaban J connectivity index is 0.00000533. The Morgan fingerprint density at radius 1 is 1.13 bits per heavy atom. The van der Waals surface area contributed by atoms with Gasteiger partial charge in [0.05, 0.1) is 30.9 Å². The van der Waals surface area contributed by atoms with Gasteiger partial charge in [-0.2, -0.15) is 0 Å². The standard InChI is InChI=1S/C26H28ClF2N3O6.CH4/c1-32(24(35)8-6-16-3-2-4-22(29)25(16)27)20(13-37-15-21(34)12-33)14-38-26(36)31-23-10-18-9-19(28)7-5-17(18)11-30-23;/h2-5,7,9-11,20-21,33-34H,6,8,12-15H2,1H3,(H,30,31,36);1H4/t20-,21-;/m0./s1. The molecule has 0 fully saturated rings. The summed E-state index contributed by atoms with van der Waals surface area (Å²) in [5.41, 5.74) is 0.477. The summed E-state index contributed by atoms with van der Waals surface area (Å²) in [5, 5.41) is 22.1. The highest BCUT2D eigenvalue weighted by Gasteiger charge is 2.23. The van der Waals surface area contributed by atoms with Gasteiger partial charge in [0.25, 0.3) is 0 Å². The number of nitrogens with one attached hydrogen (secondary N) is 1. The smallest absolute Gasteiger partial charge is 0.412 e. The summed E-state index contributed by atoms with van der Waals surface area (Å²) in [6.45, 7) is -1.08. The second kappa shape index (κ2) is 15.3. The molecule has 0 saturated heterocycles. The van der Waals surface area contributed by atoms with Gasteiger partial charge in [0.2, 0.25) is 5.91 Å². The molecule has 1 heterocycles. The molecule has 0 aliphatic heterocycles. The third-order valence-corrected chi connectivity index (χ3v) is 6.16. The van der Waals surface area contributed by atoms with E-state index in [1.54, 1.807) is 12.1 Å². The largest absolute Gasteiger partial charge is 0.447 e. The van der Waals surface area contributed by atoms with E-state index in [0.717, 1.165) is 0 Å². The Bertz CT molecular complexity index is 1270. The molecular weight excluding hydrogens is 536 g/mol. The second-order valence-electron chi connectivity index (χ2n) is 8.53. The molecule has 0 aliphatic carbocycles. The summed E-state index contributed by atoms with van der Waals surface area (Å²) in [6, 6.07) is 9.26. The predicted molar refractivity (Wildman–Crippen MR) is 144 cm³/mol. The monoisotopic (exact) mass is 567 g/mol. The number of carbonyl (C=O) groups excluding carboxylic acids is 2. The quantitative estimate of drug-likeness (QED) is 0.300. The van der Waals surface area contributed by atoms with Crippen LogP contribution in [0.1, 0.15) is 19.4 Å². The van der Waals surface area contributed by atoms with Crippen molar-refractivity contribution in [1.29, 1.82) is 0 Å². The van der Waals surface area contributed by atoms with Gasteiger partial charge in [-0.1, -0.05) is 31.2 Å². The summed E-state index contributed by atoms with van der Waals surface area (Å²) in [5.74, 6) is -1.21. The van der Waals surface area contributed by atoms with Crippen molar-refractivity contribution in [2.75, 3.05) is 38.8 Å². The average molecular weight is 568 g/mol. The first kappa shape index (κ1) is 31.8. The van der Waals surface area contributed by atoms with E-state index in [4.69, 9.17) is 26.2 Å². The molecule has 9 nitrogen and oxygen atoms in total. The van der Waals surface area contributed by atoms with E-state index in [1.165, 1.54) is 48.5 Å². The molecule has 2 amide bonds. The first-order valence-electron chi connectivity index (χ1n) is 11.7. The number of fused-ring (bicyclic) bond motifs is 1. The number of likely N-dealkylation sites (N-methyl/N-ethyl adjacent to an activating group) is 1. The molecule has 39 heavy (non-hydrogen) atoms. The minimum Gasteiger partial charge on any atom is -0.447 e. The van der Waals surface area contributed by atoms with Crippen LogP contribution in [0.4, 0.5) is 19.4 Å². The van der Waals surface area contributed by atoms with Gasteiger partial charge in [-0.25, -0.2) is 18.6 Å². The van der Waals surface area contributed by atoms with Crippen molar-refractivity contribution in [3.8, 4) is 0 Å². The number of aromatic nitrogens is 1. The van der Waals surface area contributed by atoms with E-state index in [9.17, 15) is 23.5 Å². The molecule has 3 aromatic rings. The number of halogens is 3. The fourth-order valence-electron chi connectivity index (χ4n) is 3.52. The fraction of sp³-hybridized carbons (Fsp3) is 0.370. The normalized spacial score (nSPS) is 12.4. The van der Waals surface area contributed by atoms with Gasteiger partial charge in [-0.05, 0) is 47.7 Å². The van der Waals surface area contributed by atoms with Gasteiger partial charge in [0.15, 0.2) is 0 Å². The van der Waals surface area contributed by atoms with Crippen LogP contribution in [0.15, 0.2) is 48.7 Å². The minimum atomic E-state index is -1.11. The van der Waals surface area contributed by atoms with Crippen molar-refractivity contribution in [2.24, 2.45) is 0 Å². The molecule has 0 saturated carbocycles. The van der Waals surface area contributed by atoms with Gasteiger partial charge in [-0.15, -0.1) is 0 Å². The molecule has 0 bridgehead atoms. The SMILES string of the molecule is C.CN(C(=O)CCc1cccc(F)c1Cl)[C@@H](COC[C@@H](O)CO)COC(=O)Nc1cc2cc(F)ccc2cn1. The number of rotatable bonds is 12. The Morgan fingerprint density at radius 2 is 1.90 bits per heavy atom. The average Bonchev–Trinajstić information content (AvgIpc) is 2.90. The van der Waals surface area contributed by atoms with Crippen LogP contribution < -0.4 is 5.32 Å². The van der Waals surface area contributed by atoms with Crippen LogP contribution in [0.3, 0.4) is 0 Å². The molecule has 2 atom stereocenters.